The van der Waals surface area contributed by atoms with E-state index in [-0.39, 0.29) is 29.6 Å². The van der Waals surface area contributed by atoms with Crippen molar-refractivity contribution in [1.29, 1.82) is 0 Å². The average molecular weight is 1370 g/mol. The smallest absolute Gasteiger partial charge is 0.315 e. The third-order valence-electron chi connectivity index (χ3n) is 24.9. The van der Waals surface area contributed by atoms with Gasteiger partial charge >= 0.3 is 5.97 Å². The number of esters is 1. The maximum Gasteiger partial charge on any atom is 0.315 e. The Hall–Kier alpha value is -1.95. The van der Waals surface area contributed by atoms with E-state index in [0.29, 0.717) is 51.4 Å². The monoisotopic (exact) mass is 1370 g/mol. The highest BCUT2D eigenvalue weighted by atomic mass is 16.8. The molecule has 38 atom stereocenters. The summed E-state index contributed by atoms with van der Waals surface area (Å²) in [5, 5.41) is 198. The van der Waals surface area contributed by atoms with Crippen LogP contribution in [0.25, 0.3) is 0 Å². The second kappa shape index (κ2) is 27.7. The molecule has 0 spiro atoms. The Bertz CT molecular complexity index is 2680. The molecule has 11 rings (SSSR count). The predicted molar refractivity (Wildman–Crippen MR) is 316 cm³/mol. The zero-order valence-corrected chi connectivity index (χ0v) is 54.9. The molecule has 31 nitrogen and oxygen atoms in total. The van der Waals surface area contributed by atoms with E-state index in [1.54, 1.807) is 0 Å². The molecule has 6 aliphatic heterocycles. The van der Waals surface area contributed by atoms with Gasteiger partial charge < -0.3 is 149 Å². The molecule has 10 fully saturated rings. The van der Waals surface area contributed by atoms with Crippen LogP contribution in [-0.4, -0.2) is 315 Å². The van der Waals surface area contributed by atoms with Crippen LogP contribution < -0.4 is 0 Å². The van der Waals surface area contributed by atoms with Crippen molar-refractivity contribution < 1.29 is 154 Å². The summed E-state index contributed by atoms with van der Waals surface area (Å²) in [4.78, 5) is 15.5. The van der Waals surface area contributed by atoms with E-state index in [2.05, 4.69) is 40.7 Å². The molecule has 0 amide bonds. The summed E-state index contributed by atoms with van der Waals surface area (Å²) in [6, 6.07) is 0. The summed E-state index contributed by atoms with van der Waals surface area (Å²) in [5.41, 5.74) is -3.12. The highest BCUT2D eigenvalue weighted by molar-refractivity contribution is 5.79. The Kier molecular flexibility index (Phi) is 21.6. The third-order valence-corrected chi connectivity index (χ3v) is 24.9. The Morgan fingerprint density at radius 2 is 1.02 bits per heavy atom. The van der Waals surface area contributed by atoms with Crippen molar-refractivity contribution in [3.8, 4) is 0 Å². The zero-order valence-electron chi connectivity index (χ0n) is 54.9. The first kappa shape index (κ1) is 74.2. The third kappa shape index (κ3) is 12.6. The molecule has 0 aromatic heterocycles. The Morgan fingerprint density at radius 1 is 0.484 bits per heavy atom. The molecule has 29 unspecified atom stereocenters. The van der Waals surface area contributed by atoms with Gasteiger partial charge in [-0.2, -0.15) is 0 Å². The largest absolute Gasteiger partial charge is 0.432 e. The number of rotatable bonds is 15. The van der Waals surface area contributed by atoms with Crippen LogP contribution in [0.5, 0.6) is 0 Å². The number of aliphatic hydroxyl groups excluding tert-OH is 18. The Labute approximate surface area is 550 Å². The number of carbonyl (C=O) groups is 1. The summed E-state index contributed by atoms with van der Waals surface area (Å²) in [6.45, 7) is 12.6. The fourth-order valence-electron chi connectivity index (χ4n) is 19.0. The second-order valence-electron chi connectivity index (χ2n) is 31.0. The summed E-state index contributed by atoms with van der Waals surface area (Å²) < 4.78 is 71.1. The zero-order chi connectivity index (χ0) is 69.3. The number of ether oxygens (including phenoxy) is 12. The molecule has 18 N–H and O–H groups in total. The number of fused-ring (bicyclic) bond motifs is 7. The van der Waals surface area contributed by atoms with Crippen molar-refractivity contribution in [3.63, 3.8) is 0 Å². The van der Waals surface area contributed by atoms with Crippen LogP contribution in [0.2, 0.25) is 0 Å². The average Bonchev–Trinajstić information content (AvgIpc) is 0.674. The van der Waals surface area contributed by atoms with Gasteiger partial charge in [0.25, 0.3) is 0 Å². The second-order valence-corrected chi connectivity index (χ2v) is 31.0. The molecule has 0 bridgehead atoms. The summed E-state index contributed by atoms with van der Waals surface area (Å²) in [7, 11) is 0. The van der Waals surface area contributed by atoms with Crippen LogP contribution in [0, 0.1) is 50.2 Å². The van der Waals surface area contributed by atoms with Gasteiger partial charge in [-0.3, -0.25) is 4.79 Å². The minimum Gasteiger partial charge on any atom is -0.432 e. The van der Waals surface area contributed by atoms with Gasteiger partial charge in [0, 0.05) is 5.41 Å². The van der Waals surface area contributed by atoms with Crippen molar-refractivity contribution >= 4 is 5.97 Å². The quantitative estimate of drug-likeness (QED) is 0.0414. The number of aliphatic hydroxyl groups is 18. The number of allylic oxidation sites excluding steroid dienone is 2. The van der Waals surface area contributed by atoms with Gasteiger partial charge in [0.2, 0.25) is 6.29 Å². The molecule has 0 aromatic rings. The topological polar surface area (TPSA) is 492 Å². The van der Waals surface area contributed by atoms with Crippen LogP contribution in [0.3, 0.4) is 0 Å². The van der Waals surface area contributed by atoms with E-state index in [1.807, 2.05) is 6.92 Å². The first-order valence-corrected chi connectivity index (χ1v) is 33.6. The molecule has 95 heavy (non-hydrogen) atoms. The molecule has 6 saturated heterocycles. The Balaban J connectivity index is 0.784. The van der Waals surface area contributed by atoms with Crippen LogP contribution >= 0.6 is 0 Å². The lowest BCUT2D eigenvalue weighted by molar-refractivity contribution is -0.377. The summed E-state index contributed by atoms with van der Waals surface area (Å²) in [6.07, 6.45) is -42.0. The number of carbonyl (C=O) groups excluding carboxylic acids is 1. The van der Waals surface area contributed by atoms with Crippen LogP contribution in [0.15, 0.2) is 11.6 Å². The number of hydrogen-bond acceptors (Lipinski definition) is 31. The van der Waals surface area contributed by atoms with Crippen molar-refractivity contribution in [1.82, 2.24) is 0 Å². The van der Waals surface area contributed by atoms with E-state index < -0.39 is 250 Å². The van der Waals surface area contributed by atoms with E-state index in [1.165, 1.54) is 13.8 Å². The first-order chi connectivity index (χ1) is 44.6. The molecule has 4 saturated carbocycles. The van der Waals surface area contributed by atoms with E-state index in [4.69, 9.17) is 56.8 Å². The normalized spacial score (nSPS) is 55.6. The van der Waals surface area contributed by atoms with Gasteiger partial charge in [-0.25, -0.2) is 0 Å². The maximum atomic E-state index is 15.5. The predicted octanol–water partition coefficient (Wildman–Crippen LogP) is -5.11. The molecule has 11 aliphatic rings. The molecule has 6 heterocycles. The van der Waals surface area contributed by atoms with E-state index in [0.717, 1.165) is 5.57 Å². The summed E-state index contributed by atoms with van der Waals surface area (Å²) in [5.74, 6) is -1.40. The van der Waals surface area contributed by atoms with Crippen molar-refractivity contribution in [3.05, 3.63) is 11.6 Å². The van der Waals surface area contributed by atoms with Crippen LogP contribution in [-0.2, 0) is 61.6 Å². The van der Waals surface area contributed by atoms with Crippen molar-refractivity contribution in [2.45, 2.75) is 297 Å². The molecule has 5 aliphatic carbocycles. The van der Waals surface area contributed by atoms with Gasteiger partial charge in [-0.1, -0.05) is 53.2 Å². The molecule has 0 aromatic carbocycles. The fraction of sp³-hybridized carbons (Fsp3) is 0.953. The minimum atomic E-state index is -1.96. The van der Waals surface area contributed by atoms with E-state index >= 15 is 4.79 Å². The van der Waals surface area contributed by atoms with Gasteiger partial charge in [0.1, 0.15) is 116 Å². The molecule has 31 heteroatoms. The molecular formula is C64H104O31. The van der Waals surface area contributed by atoms with E-state index in [9.17, 15) is 91.9 Å². The van der Waals surface area contributed by atoms with Gasteiger partial charge in [-0.05, 0) is 111 Å². The molecule has 0 radical (unpaired) electrons. The first-order valence-electron chi connectivity index (χ1n) is 33.6. The van der Waals surface area contributed by atoms with Gasteiger partial charge in [0.15, 0.2) is 37.6 Å². The number of hydrogen-bond donors (Lipinski definition) is 18. The minimum absolute atomic E-state index is 0.105. The molecule has 546 valence electrons. The van der Waals surface area contributed by atoms with Crippen molar-refractivity contribution in [2.75, 3.05) is 33.0 Å². The summed E-state index contributed by atoms with van der Waals surface area (Å²) >= 11 is 0. The van der Waals surface area contributed by atoms with Crippen LogP contribution in [0.1, 0.15) is 113 Å². The lowest BCUT2D eigenvalue weighted by Crippen LogP contribution is -2.70. The van der Waals surface area contributed by atoms with Gasteiger partial charge in [0.05, 0.1) is 62.9 Å². The standard InChI is InChI=1S/C64H104O31/c1-24-35(71)39(75)42(78)53(86-24)91-48-30(70)22-84-52(45(48)81)90-47-25(2)87-54(44(80)41(47)77)93-50-36(72)29(69)21-85-57(50)95-58(83)64-15-13-59(3,4)17-27(64)26-9-10-34-60(5)18-28(68)51(61(6,23-67)33(60)11-12-63(34,8)62(26,7)14-16-64)94-56-46(82)49(38(74)32(20-66)89-56)92-55-43(79)40(76)37(73)31(19-65)88-55/h9,24-25,27-57,65-82H,10-23H2,1-8H3/t24?,25?,27-,28+,29?,30?,31?,32?,33-,34?,35?,36?,37?,38?,39?,40?,41?,42?,43?,44?,45?,46?,47?,48?,49?,50?,51+,52?,53?,54?,55?,56?,57?,60+,61+,62-,63-,64+/m1/s1. The lowest BCUT2D eigenvalue weighted by Gasteiger charge is -2.72. The van der Waals surface area contributed by atoms with Crippen molar-refractivity contribution in [2.24, 2.45) is 50.2 Å². The Morgan fingerprint density at radius 3 is 1.67 bits per heavy atom. The maximum absolute atomic E-state index is 15.5. The highest BCUT2D eigenvalue weighted by Gasteiger charge is 2.72. The molecular weight excluding hydrogens is 1260 g/mol. The fourth-order valence-corrected chi connectivity index (χ4v) is 19.0. The van der Waals surface area contributed by atoms with Gasteiger partial charge in [-0.15, -0.1) is 0 Å². The lowest BCUT2D eigenvalue weighted by atomic mass is 9.33. The van der Waals surface area contributed by atoms with Crippen LogP contribution in [0.4, 0.5) is 0 Å². The highest BCUT2D eigenvalue weighted by Crippen LogP contribution is 2.76. The SMILES string of the molecule is CC1OC(OC2C(O)COC(OC3C(C)OC(OC4C(OC(=O)[C@]56CCC(C)(C)C[C@@H]5C5=CCC7[C@@]8(C)C[C@H](O)[C@H](OC9OC(CO)C(O)C(OC%10OC(CO)C(O)C(O)C%10O)C9O)[C@@](C)(CO)[C@@H]8CC[C@@]7(C)[C@]5(C)CC6)OCC(O)C4O)C(O)C3O)C2O)C(O)C(O)C1O.